The Morgan fingerprint density at radius 3 is 2.52 bits per heavy atom. The van der Waals surface area contributed by atoms with Crippen molar-refractivity contribution in [1.82, 2.24) is 5.43 Å². The third-order valence-corrected chi connectivity index (χ3v) is 5.12. The van der Waals surface area contributed by atoms with E-state index in [2.05, 4.69) is 52.3 Å². The van der Waals surface area contributed by atoms with Gasteiger partial charge in [0.25, 0.3) is 5.91 Å². The van der Waals surface area contributed by atoms with Crippen LogP contribution in [0.25, 0.3) is 0 Å². The molecule has 0 unspecified atom stereocenters. The van der Waals surface area contributed by atoms with E-state index < -0.39 is 6.03 Å². The number of nitrogens with two attached hydrogens (primary N) is 1. The molecule has 1 aliphatic rings. The Balaban J connectivity index is 1.95. The summed E-state index contributed by atoms with van der Waals surface area (Å²) in [5, 5.41) is 7.00. The predicted octanol–water partition coefficient (Wildman–Crippen LogP) is 3.79. The van der Waals surface area contributed by atoms with E-state index in [1.54, 1.807) is 0 Å². The lowest BCUT2D eigenvalue weighted by atomic mass is 9.75. The van der Waals surface area contributed by atoms with Crippen molar-refractivity contribution in [3.63, 3.8) is 0 Å². The van der Waals surface area contributed by atoms with Crippen molar-refractivity contribution >= 4 is 45.9 Å². The second-order valence-corrected chi connectivity index (χ2v) is 8.61. The highest BCUT2D eigenvalue weighted by atomic mass is 127. The van der Waals surface area contributed by atoms with Crippen molar-refractivity contribution < 1.29 is 14.0 Å². The molecule has 0 fully saturated rings. The van der Waals surface area contributed by atoms with Gasteiger partial charge in [0.05, 0.1) is 5.71 Å². The van der Waals surface area contributed by atoms with Crippen molar-refractivity contribution in [3.05, 3.63) is 50.5 Å². The average molecular weight is 480 g/mol. The summed E-state index contributed by atoms with van der Waals surface area (Å²) in [5.74, 6) is 0.632. The summed E-state index contributed by atoms with van der Waals surface area (Å²) in [6.07, 6.45) is 1.31. The van der Waals surface area contributed by atoms with Crippen molar-refractivity contribution in [2.45, 2.75) is 33.6 Å². The van der Waals surface area contributed by atoms with Crippen LogP contribution in [0.2, 0.25) is 0 Å². The first-order chi connectivity index (χ1) is 12.7. The second kappa shape index (κ2) is 7.34. The lowest BCUT2D eigenvalue weighted by Gasteiger charge is -2.29. The van der Waals surface area contributed by atoms with E-state index in [0.29, 0.717) is 35.6 Å². The molecule has 8 heteroatoms. The van der Waals surface area contributed by atoms with Crippen LogP contribution in [0.5, 0.6) is 0 Å². The molecular formula is C19H21IN4O3. The average Bonchev–Trinajstić information content (AvgIpc) is 2.90. The zero-order valence-electron chi connectivity index (χ0n) is 15.4. The minimum Gasteiger partial charge on any atom is -0.455 e. The van der Waals surface area contributed by atoms with Crippen LogP contribution in [0, 0.1) is 15.9 Å². The molecule has 0 spiro atoms. The van der Waals surface area contributed by atoms with E-state index in [1.165, 1.54) is 0 Å². The highest BCUT2D eigenvalue weighted by Gasteiger charge is 2.36. The number of rotatable bonds is 3. The van der Waals surface area contributed by atoms with Crippen molar-refractivity contribution in [3.8, 4) is 0 Å². The van der Waals surface area contributed by atoms with Crippen molar-refractivity contribution in [2.24, 2.45) is 16.3 Å². The zero-order chi connectivity index (χ0) is 19.8. The van der Waals surface area contributed by atoms with Gasteiger partial charge in [0, 0.05) is 26.8 Å². The molecule has 0 bridgehead atoms. The fraction of sp³-hybridized carbons (Fsp3) is 0.316. The van der Waals surface area contributed by atoms with Crippen LogP contribution in [-0.4, -0.2) is 17.6 Å². The quantitative estimate of drug-likeness (QED) is 0.459. The van der Waals surface area contributed by atoms with Crippen molar-refractivity contribution in [2.75, 3.05) is 5.32 Å². The molecule has 142 valence electrons. The van der Waals surface area contributed by atoms with Gasteiger partial charge in [-0.05, 0) is 65.6 Å². The molecule has 2 aromatic rings. The standard InChI is InChI=1S/C19H21IN4O3/c1-10-15-13(23-24-18(21)26)8-19(2,3)9-14(15)27-16(10)17(25)22-12-6-4-11(20)5-7-12/h4-7H,8-9H2,1-3H3,(H,22,25)(H3,21,24,26)/b23-13-. The van der Waals surface area contributed by atoms with Gasteiger partial charge in [-0.2, -0.15) is 5.10 Å². The number of carbonyl (C=O) groups excluding carboxylic acids is 2. The van der Waals surface area contributed by atoms with E-state index in [1.807, 2.05) is 31.2 Å². The van der Waals surface area contributed by atoms with Gasteiger partial charge in [-0.3, -0.25) is 4.79 Å². The molecule has 0 atom stereocenters. The molecule has 0 saturated heterocycles. The molecule has 7 nitrogen and oxygen atoms in total. The van der Waals surface area contributed by atoms with Gasteiger partial charge in [-0.15, -0.1) is 0 Å². The number of nitrogens with zero attached hydrogens (tertiary/aromatic N) is 1. The molecule has 27 heavy (non-hydrogen) atoms. The number of fused-ring (bicyclic) bond motifs is 1. The maximum atomic E-state index is 12.7. The maximum Gasteiger partial charge on any atom is 0.332 e. The van der Waals surface area contributed by atoms with Crippen LogP contribution in [0.15, 0.2) is 33.8 Å². The molecular weight excluding hydrogens is 459 g/mol. The number of anilines is 1. The number of benzene rings is 1. The van der Waals surface area contributed by atoms with Crippen LogP contribution in [0.4, 0.5) is 10.5 Å². The van der Waals surface area contributed by atoms with Gasteiger partial charge in [0.15, 0.2) is 5.76 Å². The van der Waals surface area contributed by atoms with Crippen LogP contribution < -0.4 is 16.5 Å². The molecule has 0 aliphatic heterocycles. The third kappa shape index (κ3) is 4.32. The molecule has 1 aromatic heterocycles. The number of nitrogens with one attached hydrogen (secondary N) is 2. The summed E-state index contributed by atoms with van der Waals surface area (Å²) < 4.78 is 7.01. The van der Waals surface area contributed by atoms with Crippen LogP contribution in [0.3, 0.4) is 0 Å². The summed E-state index contributed by atoms with van der Waals surface area (Å²) in [6.45, 7) is 5.99. The van der Waals surface area contributed by atoms with E-state index in [9.17, 15) is 9.59 Å². The fourth-order valence-electron chi connectivity index (χ4n) is 3.27. The largest absolute Gasteiger partial charge is 0.455 e. The first-order valence-corrected chi connectivity index (χ1v) is 9.56. The monoisotopic (exact) mass is 480 g/mol. The number of carbonyl (C=O) groups is 2. The van der Waals surface area contributed by atoms with Gasteiger partial charge >= 0.3 is 6.03 Å². The molecule has 3 rings (SSSR count). The predicted molar refractivity (Wildman–Crippen MR) is 112 cm³/mol. The van der Waals surface area contributed by atoms with Crippen molar-refractivity contribution in [1.29, 1.82) is 0 Å². The molecule has 1 aromatic carbocycles. The van der Waals surface area contributed by atoms with E-state index in [0.717, 1.165) is 9.13 Å². The minimum atomic E-state index is -0.731. The van der Waals surface area contributed by atoms with Crippen LogP contribution >= 0.6 is 22.6 Å². The Bertz CT molecular complexity index is 929. The highest BCUT2D eigenvalue weighted by Crippen LogP contribution is 2.39. The van der Waals surface area contributed by atoms with E-state index in [-0.39, 0.29) is 17.1 Å². The van der Waals surface area contributed by atoms with E-state index >= 15 is 0 Å². The first kappa shape index (κ1) is 19.4. The summed E-state index contributed by atoms with van der Waals surface area (Å²) in [6, 6.07) is 6.78. The number of urea groups is 1. The molecule has 0 radical (unpaired) electrons. The number of hydrogen-bond donors (Lipinski definition) is 3. The molecule has 1 heterocycles. The highest BCUT2D eigenvalue weighted by molar-refractivity contribution is 14.1. The Morgan fingerprint density at radius 1 is 1.22 bits per heavy atom. The Hall–Kier alpha value is -2.36. The zero-order valence-corrected chi connectivity index (χ0v) is 17.5. The number of furan rings is 1. The maximum absolute atomic E-state index is 12.7. The minimum absolute atomic E-state index is 0.112. The summed E-state index contributed by atoms with van der Waals surface area (Å²) in [5.41, 5.74) is 10.1. The summed E-state index contributed by atoms with van der Waals surface area (Å²) in [7, 11) is 0. The topological polar surface area (TPSA) is 110 Å². The Labute approximate surface area is 170 Å². The van der Waals surface area contributed by atoms with Gasteiger partial charge in [0.1, 0.15) is 5.76 Å². The fourth-order valence-corrected chi connectivity index (χ4v) is 3.63. The number of primary amides is 1. The van der Waals surface area contributed by atoms with Crippen LogP contribution in [-0.2, 0) is 6.42 Å². The number of amides is 3. The third-order valence-electron chi connectivity index (χ3n) is 4.40. The molecule has 0 saturated carbocycles. The van der Waals surface area contributed by atoms with Gasteiger partial charge in [-0.1, -0.05) is 13.8 Å². The smallest absolute Gasteiger partial charge is 0.332 e. The van der Waals surface area contributed by atoms with Gasteiger partial charge in [0.2, 0.25) is 0 Å². The molecule has 4 N–H and O–H groups in total. The number of hydrogen-bond acceptors (Lipinski definition) is 4. The number of halogens is 1. The molecule has 3 amide bonds. The number of hydrazone groups is 1. The first-order valence-electron chi connectivity index (χ1n) is 8.48. The Kier molecular flexibility index (Phi) is 5.27. The summed E-state index contributed by atoms with van der Waals surface area (Å²) >= 11 is 2.21. The van der Waals surface area contributed by atoms with Crippen LogP contribution in [0.1, 0.15) is 47.7 Å². The van der Waals surface area contributed by atoms with E-state index in [4.69, 9.17) is 10.2 Å². The second-order valence-electron chi connectivity index (χ2n) is 7.37. The lowest BCUT2D eigenvalue weighted by molar-refractivity contribution is 0.0993. The Morgan fingerprint density at radius 2 is 1.89 bits per heavy atom. The lowest BCUT2D eigenvalue weighted by Crippen LogP contribution is -2.31. The normalized spacial score (nSPS) is 16.7. The SMILES string of the molecule is Cc1c(C(=O)Nc2ccc(I)cc2)oc2c1/C(=N\NC(N)=O)CC(C)(C)C2. The molecule has 1 aliphatic carbocycles. The van der Waals surface area contributed by atoms with Gasteiger partial charge in [-0.25, -0.2) is 10.2 Å². The van der Waals surface area contributed by atoms with Gasteiger partial charge < -0.3 is 15.5 Å². The summed E-state index contributed by atoms with van der Waals surface area (Å²) in [4.78, 5) is 23.8.